The van der Waals surface area contributed by atoms with Crippen LogP contribution in [0.3, 0.4) is 0 Å². The molecule has 1 atom stereocenters. The van der Waals surface area contributed by atoms with E-state index in [0.29, 0.717) is 13.2 Å². The van der Waals surface area contributed by atoms with Crippen LogP contribution in [0.25, 0.3) is 0 Å². The van der Waals surface area contributed by atoms with Gasteiger partial charge < -0.3 is 15.2 Å². The largest absolute Gasteiger partial charge is 0.381 e. The zero-order valence-electron chi connectivity index (χ0n) is 9.72. The molecular weight excluding hydrogens is 208 g/mol. The molecule has 0 aliphatic carbocycles. The molecule has 1 unspecified atom stereocenters. The molecule has 0 amide bonds. The van der Waals surface area contributed by atoms with E-state index in [2.05, 4.69) is 10.3 Å². The highest BCUT2D eigenvalue weighted by atomic mass is 16.5. The molecule has 1 fully saturated rings. The van der Waals surface area contributed by atoms with Crippen molar-refractivity contribution in [2.24, 2.45) is 12.8 Å². The summed E-state index contributed by atoms with van der Waals surface area (Å²) in [7, 11) is 3.54. The third kappa shape index (κ3) is 1.83. The Morgan fingerprint density at radius 2 is 2.25 bits per heavy atom. The number of methoxy groups -OCH3 is 1. The van der Waals surface area contributed by atoms with Crippen molar-refractivity contribution in [2.45, 2.75) is 24.5 Å². The van der Waals surface area contributed by atoms with E-state index in [9.17, 15) is 0 Å². The van der Waals surface area contributed by atoms with E-state index in [1.807, 2.05) is 7.05 Å². The zero-order chi connectivity index (χ0) is 11.6. The topological polar surface area (TPSA) is 75.2 Å². The summed E-state index contributed by atoms with van der Waals surface area (Å²) < 4.78 is 12.7. The first-order valence-corrected chi connectivity index (χ1v) is 5.43. The number of hydrogen-bond acceptors (Lipinski definition) is 5. The highest BCUT2D eigenvalue weighted by Gasteiger charge is 2.40. The van der Waals surface area contributed by atoms with E-state index in [4.69, 9.17) is 15.2 Å². The molecule has 0 radical (unpaired) electrons. The highest BCUT2D eigenvalue weighted by Crippen LogP contribution is 2.35. The van der Waals surface area contributed by atoms with Crippen LogP contribution >= 0.6 is 0 Å². The minimum absolute atomic E-state index is 0.221. The van der Waals surface area contributed by atoms with Gasteiger partial charge in [0.15, 0.2) is 0 Å². The number of aryl methyl sites for hydroxylation is 1. The molecule has 1 aromatic rings. The number of hydrogen-bond donors (Lipinski definition) is 1. The molecule has 2 heterocycles. The van der Waals surface area contributed by atoms with E-state index in [0.717, 1.165) is 18.5 Å². The maximum Gasteiger partial charge on any atom is 0.0930 e. The number of ether oxygens (including phenoxy) is 2. The summed E-state index contributed by atoms with van der Waals surface area (Å²) in [5, 5.41) is 7.75. The smallest absolute Gasteiger partial charge is 0.0930 e. The molecule has 2 N–H and O–H groups in total. The van der Waals surface area contributed by atoms with Crippen LogP contribution in [-0.4, -0.2) is 40.9 Å². The predicted octanol–water partition coefficient (Wildman–Crippen LogP) is 0.0105. The van der Waals surface area contributed by atoms with Crippen LogP contribution in [0, 0.1) is 0 Å². The molecule has 90 valence electrons. The lowest BCUT2D eigenvalue weighted by Gasteiger charge is -2.40. The van der Waals surface area contributed by atoms with Crippen LogP contribution in [0.15, 0.2) is 6.20 Å². The summed E-state index contributed by atoms with van der Waals surface area (Å²) in [6, 6.07) is -0.221. The second-order valence-corrected chi connectivity index (χ2v) is 4.14. The minimum Gasteiger partial charge on any atom is -0.381 e. The second-order valence-electron chi connectivity index (χ2n) is 4.14. The Bertz CT molecular complexity index is 346. The predicted molar refractivity (Wildman–Crippen MR) is 57.7 cm³/mol. The molecular formula is C10H18N4O2. The van der Waals surface area contributed by atoms with Crippen molar-refractivity contribution >= 4 is 0 Å². The van der Waals surface area contributed by atoms with E-state index in [-0.39, 0.29) is 11.6 Å². The molecule has 2 rings (SSSR count). The van der Waals surface area contributed by atoms with Gasteiger partial charge in [-0.25, -0.2) is 0 Å². The van der Waals surface area contributed by atoms with Gasteiger partial charge in [-0.2, -0.15) is 0 Å². The maximum absolute atomic E-state index is 6.28. The van der Waals surface area contributed by atoms with Crippen LogP contribution in [-0.2, 0) is 16.5 Å². The third-order valence-electron chi connectivity index (χ3n) is 3.38. The molecule has 6 heteroatoms. The van der Waals surface area contributed by atoms with Crippen LogP contribution in [0.5, 0.6) is 0 Å². The maximum atomic E-state index is 6.28. The van der Waals surface area contributed by atoms with Crippen molar-refractivity contribution in [1.29, 1.82) is 0 Å². The summed E-state index contributed by atoms with van der Waals surface area (Å²) >= 11 is 0. The molecule has 6 nitrogen and oxygen atoms in total. The van der Waals surface area contributed by atoms with Crippen LogP contribution in [0.4, 0.5) is 0 Å². The lowest BCUT2D eigenvalue weighted by molar-refractivity contribution is -0.106. The Kier molecular flexibility index (Phi) is 3.22. The van der Waals surface area contributed by atoms with Gasteiger partial charge in [0.1, 0.15) is 0 Å². The van der Waals surface area contributed by atoms with Crippen molar-refractivity contribution in [3.8, 4) is 0 Å². The molecule has 1 aliphatic rings. The van der Waals surface area contributed by atoms with E-state index >= 15 is 0 Å². The van der Waals surface area contributed by atoms with E-state index < -0.39 is 0 Å². The van der Waals surface area contributed by atoms with Crippen molar-refractivity contribution in [2.75, 3.05) is 20.3 Å². The second kappa shape index (κ2) is 4.48. The number of rotatable bonds is 3. The van der Waals surface area contributed by atoms with Gasteiger partial charge in [0.05, 0.1) is 23.5 Å². The summed E-state index contributed by atoms with van der Waals surface area (Å²) in [5.41, 5.74) is 6.82. The Hall–Kier alpha value is -0.980. The fraction of sp³-hybridized carbons (Fsp3) is 0.800. The molecule has 0 aromatic carbocycles. The lowest BCUT2D eigenvalue weighted by Crippen LogP contribution is -2.47. The number of nitrogens with two attached hydrogens (primary N) is 1. The molecule has 0 spiro atoms. The lowest BCUT2D eigenvalue weighted by atomic mass is 9.85. The highest BCUT2D eigenvalue weighted by molar-refractivity contribution is 5.10. The average molecular weight is 226 g/mol. The van der Waals surface area contributed by atoms with Crippen LogP contribution in [0.1, 0.15) is 24.6 Å². The molecule has 1 aromatic heterocycles. The summed E-state index contributed by atoms with van der Waals surface area (Å²) in [5.74, 6) is 0. The Morgan fingerprint density at radius 3 is 2.75 bits per heavy atom. The fourth-order valence-corrected chi connectivity index (χ4v) is 2.21. The first-order chi connectivity index (χ1) is 7.69. The van der Waals surface area contributed by atoms with Crippen LogP contribution in [0.2, 0.25) is 0 Å². The van der Waals surface area contributed by atoms with Gasteiger partial charge in [0, 0.05) is 40.2 Å². The van der Waals surface area contributed by atoms with Crippen molar-refractivity contribution in [3.63, 3.8) is 0 Å². The van der Waals surface area contributed by atoms with Gasteiger partial charge in [0.25, 0.3) is 0 Å². The van der Waals surface area contributed by atoms with Gasteiger partial charge >= 0.3 is 0 Å². The fourth-order valence-electron chi connectivity index (χ4n) is 2.21. The Morgan fingerprint density at radius 1 is 1.56 bits per heavy atom. The van der Waals surface area contributed by atoms with Crippen molar-refractivity contribution < 1.29 is 9.47 Å². The minimum atomic E-state index is -0.353. The van der Waals surface area contributed by atoms with Crippen LogP contribution < -0.4 is 5.73 Å². The van der Waals surface area contributed by atoms with Crippen molar-refractivity contribution in [1.82, 2.24) is 15.0 Å². The Labute approximate surface area is 94.7 Å². The first-order valence-electron chi connectivity index (χ1n) is 5.43. The van der Waals surface area contributed by atoms with Gasteiger partial charge in [-0.15, -0.1) is 5.10 Å². The standard InChI is InChI=1S/C10H18N4O2/c1-14-8(7-12-13-14)9(11)10(15-2)3-5-16-6-4-10/h7,9H,3-6,11H2,1-2H3. The quantitative estimate of drug-likeness (QED) is 0.785. The average Bonchev–Trinajstić information content (AvgIpc) is 2.75. The molecule has 0 bridgehead atoms. The summed E-state index contributed by atoms with van der Waals surface area (Å²) in [6.45, 7) is 1.37. The molecule has 1 saturated heterocycles. The normalized spacial score (nSPS) is 21.9. The first kappa shape index (κ1) is 11.5. The summed E-state index contributed by atoms with van der Waals surface area (Å²) in [4.78, 5) is 0. The summed E-state index contributed by atoms with van der Waals surface area (Å²) in [6.07, 6.45) is 3.30. The monoisotopic (exact) mass is 226 g/mol. The Balaban J connectivity index is 2.24. The van der Waals surface area contributed by atoms with E-state index in [1.165, 1.54) is 0 Å². The van der Waals surface area contributed by atoms with Gasteiger partial charge in [-0.3, -0.25) is 4.68 Å². The van der Waals surface area contributed by atoms with E-state index in [1.54, 1.807) is 18.0 Å². The number of nitrogens with zero attached hydrogens (tertiary/aromatic N) is 3. The van der Waals surface area contributed by atoms with Gasteiger partial charge in [-0.1, -0.05) is 5.21 Å². The number of aromatic nitrogens is 3. The van der Waals surface area contributed by atoms with Gasteiger partial charge in [-0.05, 0) is 0 Å². The molecule has 0 saturated carbocycles. The zero-order valence-corrected chi connectivity index (χ0v) is 9.72. The van der Waals surface area contributed by atoms with Gasteiger partial charge in [0.2, 0.25) is 0 Å². The van der Waals surface area contributed by atoms with Crippen molar-refractivity contribution in [3.05, 3.63) is 11.9 Å². The molecule has 16 heavy (non-hydrogen) atoms. The third-order valence-corrected chi connectivity index (χ3v) is 3.38. The molecule has 1 aliphatic heterocycles. The SMILES string of the molecule is COC1(C(N)c2cnnn2C)CCOCC1.